The molecule has 2 nitrogen and oxygen atoms in total. The predicted molar refractivity (Wildman–Crippen MR) is 75.9 cm³/mol. The topological polar surface area (TPSA) is 12.5 Å². The highest BCUT2D eigenvalue weighted by molar-refractivity contribution is 6.30. The van der Waals surface area contributed by atoms with Crippen LogP contribution in [0.5, 0.6) is 0 Å². The molecule has 1 aromatic carbocycles. The number of ether oxygens (including phenoxy) is 1. The molecule has 0 unspecified atom stereocenters. The Bertz CT molecular complexity index is 363. The van der Waals surface area contributed by atoms with Gasteiger partial charge in [-0.2, -0.15) is 0 Å². The molecule has 3 heteroatoms. The second-order valence-corrected chi connectivity index (χ2v) is 5.45. The summed E-state index contributed by atoms with van der Waals surface area (Å²) in [7, 11) is 0. The van der Waals surface area contributed by atoms with Gasteiger partial charge in [0.05, 0.1) is 0 Å². The SMILES string of the molecule is CCN(Cc1cccc(Cl)c1)CC1CCOCC1. The summed E-state index contributed by atoms with van der Waals surface area (Å²) in [5.41, 5.74) is 1.30. The van der Waals surface area contributed by atoms with Crippen LogP contribution >= 0.6 is 11.6 Å². The highest BCUT2D eigenvalue weighted by atomic mass is 35.5. The minimum atomic E-state index is 0.790. The second-order valence-electron chi connectivity index (χ2n) is 5.01. The molecule has 0 bridgehead atoms. The molecule has 0 N–H and O–H groups in total. The van der Waals surface area contributed by atoms with Crippen molar-refractivity contribution in [2.45, 2.75) is 26.3 Å². The first-order valence-electron chi connectivity index (χ1n) is 6.82. The van der Waals surface area contributed by atoms with Gasteiger partial charge >= 0.3 is 0 Å². The number of hydrogen-bond acceptors (Lipinski definition) is 2. The Hall–Kier alpha value is -0.570. The molecule has 1 aromatic rings. The van der Waals surface area contributed by atoms with Crippen molar-refractivity contribution in [3.05, 3.63) is 34.9 Å². The number of benzene rings is 1. The highest BCUT2D eigenvalue weighted by Gasteiger charge is 2.16. The fourth-order valence-electron chi connectivity index (χ4n) is 2.49. The molecule has 0 amide bonds. The van der Waals surface area contributed by atoms with Crippen molar-refractivity contribution in [3.8, 4) is 0 Å². The summed E-state index contributed by atoms with van der Waals surface area (Å²) >= 11 is 6.03. The van der Waals surface area contributed by atoms with E-state index in [1.54, 1.807) is 0 Å². The van der Waals surface area contributed by atoms with Crippen molar-refractivity contribution in [1.82, 2.24) is 4.90 Å². The van der Waals surface area contributed by atoms with E-state index < -0.39 is 0 Å². The summed E-state index contributed by atoms with van der Waals surface area (Å²) in [6.45, 7) is 7.34. The Labute approximate surface area is 115 Å². The maximum Gasteiger partial charge on any atom is 0.0469 e. The summed E-state index contributed by atoms with van der Waals surface area (Å²) in [4.78, 5) is 2.50. The smallest absolute Gasteiger partial charge is 0.0469 e. The van der Waals surface area contributed by atoms with Gasteiger partial charge in [0.1, 0.15) is 0 Å². The van der Waals surface area contributed by atoms with Crippen molar-refractivity contribution in [3.63, 3.8) is 0 Å². The number of hydrogen-bond donors (Lipinski definition) is 0. The fourth-order valence-corrected chi connectivity index (χ4v) is 2.71. The first-order chi connectivity index (χ1) is 8.78. The van der Waals surface area contributed by atoms with Gasteiger partial charge < -0.3 is 4.74 Å². The van der Waals surface area contributed by atoms with Gasteiger partial charge in [-0.3, -0.25) is 4.90 Å². The van der Waals surface area contributed by atoms with Crippen molar-refractivity contribution in [2.75, 3.05) is 26.3 Å². The molecule has 2 rings (SSSR count). The average molecular weight is 268 g/mol. The van der Waals surface area contributed by atoms with E-state index in [0.29, 0.717) is 0 Å². The second kappa shape index (κ2) is 7.13. The number of nitrogens with zero attached hydrogens (tertiary/aromatic N) is 1. The quantitative estimate of drug-likeness (QED) is 0.808. The van der Waals surface area contributed by atoms with Crippen LogP contribution in [-0.4, -0.2) is 31.2 Å². The van der Waals surface area contributed by atoms with Crippen LogP contribution in [0.4, 0.5) is 0 Å². The standard InChI is InChI=1S/C15H22ClNO/c1-2-17(11-13-6-8-18-9-7-13)12-14-4-3-5-15(16)10-14/h3-5,10,13H,2,6-9,11-12H2,1H3. The van der Waals surface area contributed by atoms with Crippen LogP contribution in [0.2, 0.25) is 5.02 Å². The van der Waals surface area contributed by atoms with Gasteiger partial charge in [-0.25, -0.2) is 0 Å². The van der Waals surface area contributed by atoms with Gasteiger partial charge in [-0.15, -0.1) is 0 Å². The largest absolute Gasteiger partial charge is 0.381 e. The van der Waals surface area contributed by atoms with E-state index in [4.69, 9.17) is 16.3 Å². The van der Waals surface area contributed by atoms with E-state index in [-0.39, 0.29) is 0 Å². The van der Waals surface area contributed by atoms with Crippen molar-refractivity contribution in [1.29, 1.82) is 0 Å². The van der Waals surface area contributed by atoms with Crippen molar-refractivity contribution >= 4 is 11.6 Å². The molecular weight excluding hydrogens is 246 g/mol. The molecule has 0 atom stereocenters. The van der Waals surface area contributed by atoms with Crippen LogP contribution in [0.25, 0.3) is 0 Å². The molecule has 0 spiro atoms. The molecule has 18 heavy (non-hydrogen) atoms. The van der Waals surface area contributed by atoms with Gasteiger partial charge in [0, 0.05) is 31.3 Å². The molecule has 1 fully saturated rings. The van der Waals surface area contributed by atoms with Crippen molar-refractivity contribution < 1.29 is 4.74 Å². The first kappa shape index (κ1) is 13.9. The normalized spacial score (nSPS) is 17.3. The minimum absolute atomic E-state index is 0.790. The van der Waals surface area contributed by atoms with Crippen molar-refractivity contribution in [2.24, 2.45) is 5.92 Å². The molecule has 100 valence electrons. The van der Waals surface area contributed by atoms with E-state index in [2.05, 4.69) is 24.0 Å². The lowest BCUT2D eigenvalue weighted by molar-refractivity contribution is 0.0521. The van der Waals surface area contributed by atoms with E-state index in [1.165, 1.54) is 24.9 Å². The fraction of sp³-hybridized carbons (Fsp3) is 0.600. The molecule has 1 aliphatic heterocycles. The predicted octanol–water partition coefficient (Wildman–Crippen LogP) is 3.59. The van der Waals surface area contributed by atoms with Gasteiger partial charge in [0.2, 0.25) is 0 Å². The monoisotopic (exact) mass is 267 g/mol. The van der Waals surface area contributed by atoms with Gasteiger partial charge in [0.15, 0.2) is 0 Å². The Balaban J connectivity index is 1.88. The lowest BCUT2D eigenvalue weighted by Gasteiger charge is -2.29. The van der Waals surface area contributed by atoms with Crippen LogP contribution in [0.15, 0.2) is 24.3 Å². The Kier molecular flexibility index (Phi) is 5.48. The average Bonchev–Trinajstić information content (AvgIpc) is 2.39. The molecule has 0 aliphatic carbocycles. The zero-order valence-corrected chi connectivity index (χ0v) is 11.8. The summed E-state index contributed by atoms with van der Waals surface area (Å²) in [6, 6.07) is 8.17. The maximum atomic E-state index is 6.03. The maximum absolute atomic E-state index is 6.03. The summed E-state index contributed by atoms with van der Waals surface area (Å²) in [6.07, 6.45) is 2.40. The Morgan fingerprint density at radius 1 is 1.33 bits per heavy atom. The highest BCUT2D eigenvalue weighted by Crippen LogP contribution is 2.18. The summed E-state index contributed by atoms with van der Waals surface area (Å²) in [5.74, 6) is 0.790. The lowest BCUT2D eigenvalue weighted by atomic mass is 9.99. The zero-order valence-electron chi connectivity index (χ0n) is 11.1. The third kappa shape index (κ3) is 4.27. The number of halogens is 1. The van der Waals surface area contributed by atoms with E-state index in [9.17, 15) is 0 Å². The van der Waals surface area contributed by atoms with E-state index in [0.717, 1.165) is 37.2 Å². The Morgan fingerprint density at radius 3 is 2.78 bits per heavy atom. The molecule has 1 heterocycles. The minimum Gasteiger partial charge on any atom is -0.381 e. The first-order valence-corrected chi connectivity index (χ1v) is 7.20. The molecule has 1 aliphatic rings. The Morgan fingerprint density at radius 2 is 2.11 bits per heavy atom. The van der Waals surface area contributed by atoms with Crippen LogP contribution in [0.1, 0.15) is 25.3 Å². The van der Waals surface area contributed by atoms with Crippen LogP contribution in [0, 0.1) is 5.92 Å². The van der Waals surface area contributed by atoms with Crippen LogP contribution in [0.3, 0.4) is 0 Å². The van der Waals surface area contributed by atoms with Crippen LogP contribution in [-0.2, 0) is 11.3 Å². The number of rotatable bonds is 5. The lowest BCUT2D eigenvalue weighted by Crippen LogP contribution is -2.32. The van der Waals surface area contributed by atoms with Gasteiger partial charge in [-0.1, -0.05) is 30.7 Å². The van der Waals surface area contributed by atoms with Crippen LogP contribution < -0.4 is 0 Å². The molecular formula is C15H22ClNO. The molecule has 0 saturated carbocycles. The van der Waals surface area contributed by atoms with E-state index >= 15 is 0 Å². The third-order valence-electron chi connectivity index (χ3n) is 3.60. The third-order valence-corrected chi connectivity index (χ3v) is 3.83. The van der Waals surface area contributed by atoms with Gasteiger partial charge in [0.25, 0.3) is 0 Å². The summed E-state index contributed by atoms with van der Waals surface area (Å²) < 4.78 is 5.41. The van der Waals surface area contributed by atoms with Gasteiger partial charge in [-0.05, 0) is 43.0 Å². The summed E-state index contributed by atoms with van der Waals surface area (Å²) in [5, 5.41) is 0.828. The molecule has 0 aromatic heterocycles. The zero-order chi connectivity index (χ0) is 12.8. The van der Waals surface area contributed by atoms with E-state index in [1.807, 2.05) is 12.1 Å². The molecule has 1 saturated heterocycles. The molecule has 0 radical (unpaired) electrons.